The highest BCUT2D eigenvalue weighted by Crippen LogP contribution is 2.27. The molecule has 5 nitrogen and oxygen atoms in total. The largest absolute Gasteiger partial charge is 0.385 e. The van der Waals surface area contributed by atoms with Crippen molar-refractivity contribution in [1.82, 2.24) is 9.80 Å². The number of rotatable bonds is 6. The van der Waals surface area contributed by atoms with E-state index in [9.17, 15) is 4.79 Å². The van der Waals surface area contributed by atoms with Gasteiger partial charge in [0.15, 0.2) is 0 Å². The Morgan fingerprint density at radius 3 is 2.57 bits per heavy atom. The maximum atomic E-state index is 12.6. The number of ether oxygens (including phenoxy) is 2. The quantitative estimate of drug-likeness (QED) is 0.697. The molecule has 2 saturated heterocycles. The predicted octanol–water partition coefficient (Wildman–Crippen LogP) is 1.52. The van der Waals surface area contributed by atoms with Crippen molar-refractivity contribution >= 4 is 5.91 Å². The van der Waals surface area contributed by atoms with Gasteiger partial charge in [0.2, 0.25) is 0 Å². The normalized spacial score (nSPS) is 27.8. The fourth-order valence-electron chi connectivity index (χ4n) is 3.19. The minimum absolute atomic E-state index is 0.196. The zero-order chi connectivity index (χ0) is 15.1. The first-order valence-corrected chi connectivity index (χ1v) is 8.30. The molecule has 2 aliphatic rings. The summed E-state index contributed by atoms with van der Waals surface area (Å²) in [5.41, 5.74) is -0.571. The van der Waals surface area contributed by atoms with Crippen LogP contribution in [0.2, 0.25) is 0 Å². The Balaban J connectivity index is 1.71. The van der Waals surface area contributed by atoms with E-state index in [4.69, 9.17) is 9.47 Å². The third kappa shape index (κ3) is 4.66. The molecule has 0 N–H and O–H groups in total. The highest BCUT2D eigenvalue weighted by atomic mass is 16.5. The Bertz CT molecular complexity index is 321. The number of nitrogens with zero attached hydrogens (tertiary/aromatic N) is 2. The van der Waals surface area contributed by atoms with Crippen molar-refractivity contribution in [2.75, 3.05) is 53.0 Å². The second kappa shape index (κ2) is 8.11. The van der Waals surface area contributed by atoms with Crippen LogP contribution in [-0.4, -0.2) is 74.4 Å². The van der Waals surface area contributed by atoms with E-state index in [0.29, 0.717) is 0 Å². The highest BCUT2D eigenvalue weighted by Gasteiger charge is 2.39. The van der Waals surface area contributed by atoms with Gasteiger partial charge in [-0.2, -0.15) is 0 Å². The molecular weight excluding hydrogens is 268 g/mol. The number of methoxy groups -OCH3 is 1. The van der Waals surface area contributed by atoms with Gasteiger partial charge in [-0.3, -0.25) is 9.69 Å². The summed E-state index contributed by atoms with van der Waals surface area (Å²) in [6.07, 6.45) is 5.33. The molecule has 122 valence electrons. The predicted molar refractivity (Wildman–Crippen MR) is 82.3 cm³/mol. The fourth-order valence-corrected chi connectivity index (χ4v) is 3.19. The van der Waals surface area contributed by atoms with Crippen molar-refractivity contribution < 1.29 is 14.3 Å². The molecule has 5 heteroatoms. The molecule has 2 aliphatic heterocycles. The molecule has 0 aliphatic carbocycles. The number of carbonyl (C=O) groups excluding carboxylic acids is 1. The van der Waals surface area contributed by atoms with Gasteiger partial charge in [-0.1, -0.05) is 0 Å². The summed E-state index contributed by atoms with van der Waals surface area (Å²) >= 11 is 0. The summed E-state index contributed by atoms with van der Waals surface area (Å²) in [5.74, 6) is 0.196. The van der Waals surface area contributed by atoms with Crippen molar-refractivity contribution in [3.8, 4) is 0 Å². The summed E-state index contributed by atoms with van der Waals surface area (Å²) in [5, 5.41) is 0. The Morgan fingerprint density at radius 1 is 1.19 bits per heavy atom. The minimum Gasteiger partial charge on any atom is -0.385 e. The maximum Gasteiger partial charge on any atom is 0.254 e. The van der Waals surface area contributed by atoms with Gasteiger partial charge >= 0.3 is 0 Å². The molecule has 21 heavy (non-hydrogen) atoms. The molecule has 1 atom stereocenters. The van der Waals surface area contributed by atoms with Crippen LogP contribution in [0, 0.1) is 0 Å². The maximum absolute atomic E-state index is 12.6. The number of hydrogen-bond donors (Lipinski definition) is 0. The number of hydrogen-bond acceptors (Lipinski definition) is 4. The van der Waals surface area contributed by atoms with Gasteiger partial charge in [0.25, 0.3) is 5.91 Å². The van der Waals surface area contributed by atoms with Gasteiger partial charge in [-0.25, -0.2) is 0 Å². The van der Waals surface area contributed by atoms with Crippen LogP contribution in [0.1, 0.15) is 39.0 Å². The lowest BCUT2D eigenvalue weighted by molar-refractivity contribution is -0.163. The molecule has 2 rings (SSSR count). The van der Waals surface area contributed by atoms with Gasteiger partial charge in [-0.15, -0.1) is 0 Å². The molecule has 2 fully saturated rings. The summed E-state index contributed by atoms with van der Waals surface area (Å²) in [7, 11) is 1.75. The molecule has 0 radical (unpaired) electrons. The van der Waals surface area contributed by atoms with E-state index >= 15 is 0 Å². The molecule has 2 heterocycles. The lowest BCUT2D eigenvalue weighted by Gasteiger charge is -2.41. The highest BCUT2D eigenvalue weighted by molar-refractivity contribution is 5.85. The smallest absolute Gasteiger partial charge is 0.254 e. The lowest BCUT2D eigenvalue weighted by atomic mass is 9.94. The van der Waals surface area contributed by atoms with Crippen molar-refractivity contribution in [3.05, 3.63) is 0 Å². The molecule has 0 aromatic rings. The SMILES string of the molecule is COCCCCN1CCN(C(=O)C2(C)CCCCO2)CC1. The third-order valence-corrected chi connectivity index (χ3v) is 4.65. The second-order valence-electron chi connectivity index (χ2n) is 6.37. The van der Waals surface area contributed by atoms with Crippen LogP contribution in [0.4, 0.5) is 0 Å². The van der Waals surface area contributed by atoms with Gasteiger partial charge in [-0.05, 0) is 45.6 Å². The van der Waals surface area contributed by atoms with E-state index in [1.807, 2.05) is 11.8 Å². The average molecular weight is 298 g/mol. The number of piperazine rings is 1. The Labute approximate surface area is 128 Å². The Morgan fingerprint density at radius 2 is 1.95 bits per heavy atom. The van der Waals surface area contributed by atoms with E-state index in [1.165, 1.54) is 6.42 Å². The second-order valence-corrected chi connectivity index (χ2v) is 6.37. The van der Waals surface area contributed by atoms with Gasteiger partial charge < -0.3 is 14.4 Å². The molecule has 0 aromatic carbocycles. The van der Waals surface area contributed by atoms with Crippen molar-refractivity contribution in [3.63, 3.8) is 0 Å². The molecule has 0 aromatic heterocycles. The minimum atomic E-state index is -0.571. The molecule has 1 amide bonds. The van der Waals surface area contributed by atoms with Crippen LogP contribution in [0.15, 0.2) is 0 Å². The van der Waals surface area contributed by atoms with Crippen molar-refractivity contribution in [2.45, 2.75) is 44.6 Å². The first-order chi connectivity index (χ1) is 10.2. The summed E-state index contributed by atoms with van der Waals surface area (Å²) in [6.45, 7) is 8.27. The average Bonchev–Trinajstić information content (AvgIpc) is 2.52. The van der Waals surface area contributed by atoms with E-state index < -0.39 is 5.60 Å². The van der Waals surface area contributed by atoms with Crippen LogP contribution in [-0.2, 0) is 14.3 Å². The van der Waals surface area contributed by atoms with Crippen LogP contribution >= 0.6 is 0 Å². The van der Waals surface area contributed by atoms with E-state index in [1.54, 1.807) is 7.11 Å². The standard InChI is InChI=1S/C16H30N2O3/c1-16(7-3-5-14-21-16)15(19)18-11-9-17(10-12-18)8-4-6-13-20-2/h3-14H2,1-2H3. The summed E-state index contributed by atoms with van der Waals surface area (Å²) < 4.78 is 10.9. The lowest BCUT2D eigenvalue weighted by Crippen LogP contribution is -2.56. The zero-order valence-electron chi connectivity index (χ0n) is 13.6. The van der Waals surface area contributed by atoms with Gasteiger partial charge in [0.1, 0.15) is 5.60 Å². The fraction of sp³-hybridized carbons (Fsp3) is 0.938. The first-order valence-electron chi connectivity index (χ1n) is 8.30. The summed E-state index contributed by atoms with van der Waals surface area (Å²) in [4.78, 5) is 17.1. The first kappa shape index (κ1) is 16.7. The third-order valence-electron chi connectivity index (χ3n) is 4.65. The van der Waals surface area contributed by atoms with Crippen molar-refractivity contribution in [1.29, 1.82) is 0 Å². The van der Waals surface area contributed by atoms with Gasteiger partial charge in [0.05, 0.1) is 0 Å². The molecule has 0 saturated carbocycles. The molecular formula is C16H30N2O3. The summed E-state index contributed by atoms with van der Waals surface area (Å²) in [6, 6.07) is 0. The van der Waals surface area contributed by atoms with Crippen LogP contribution < -0.4 is 0 Å². The number of unbranched alkanes of at least 4 members (excludes halogenated alkanes) is 1. The Kier molecular flexibility index (Phi) is 6.45. The molecule has 0 bridgehead atoms. The Hall–Kier alpha value is -0.650. The van der Waals surface area contributed by atoms with Crippen LogP contribution in [0.25, 0.3) is 0 Å². The number of amides is 1. The monoisotopic (exact) mass is 298 g/mol. The van der Waals surface area contributed by atoms with Crippen LogP contribution in [0.5, 0.6) is 0 Å². The van der Waals surface area contributed by atoms with Crippen LogP contribution in [0.3, 0.4) is 0 Å². The topological polar surface area (TPSA) is 42.0 Å². The van der Waals surface area contributed by atoms with E-state index in [0.717, 1.165) is 71.6 Å². The molecule has 0 spiro atoms. The molecule has 1 unspecified atom stereocenters. The van der Waals surface area contributed by atoms with Crippen molar-refractivity contribution in [2.24, 2.45) is 0 Å². The van der Waals surface area contributed by atoms with E-state index in [2.05, 4.69) is 4.90 Å². The number of carbonyl (C=O) groups is 1. The zero-order valence-corrected chi connectivity index (χ0v) is 13.6. The van der Waals surface area contributed by atoms with E-state index in [-0.39, 0.29) is 5.91 Å². The van der Waals surface area contributed by atoms with Gasteiger partial charge in [0, 0.05) is 46.5 Å².